The Labute approximate surface area is 117 Å². The average molecular weight is 274 g/mol. The van der Waals surface area contributed by atoms with Gasteiger partial charge in [0.05, 0.1) is 11.9 Å². The molecule has 0 bridgehead atoms. The lowest BCUT2D eigenvalue weighted by Crippen LogP contribution is -2.46. The molecule has 3 N–H and O–H groups in total. The zero-order valence-corrected chi connectivity index (χ0v) is 11.2. The lowest BCUT2D eigenvalue weighted by atomic mass is 10.2. The molecule has 1 aliphatic carbocycles. The number of nitrogens with two attached hydrogens (primary N) is 1. The number of likely N-dealkylation sites (tertiary alicyclic amines) is 1. The fourth-order valence-electron chi connectivity index (χ4n) is 2.49. The van der Waals surface area contributed by atoms with Crippen LogP contribution in [-0.4, -0.2) is 40.3 Å². The maximum absolute atomic E-state index is 12.4. The summed E-state index contributed by atoms with van der Waals surface area (Å²) in [6, 6.07) is 3.21. The van der Waals surface area contributed by atoms with Gasteiger partial charge in [-0.2, -0.15) is 0 Å². The van der Waals surface area contributed by atoms with Crippen molar-refractivity contribution in [2.75, 3.05) is 12.3 Å². The average Bonchev–Trinajstić information content (AvgIpc) is 3.11. The fourth-order valence-corrected chi connectivity index (χ4v) is 2.49. The van der Waals surface area contributed by atoms with Gasteiger partial charge in [-0.3, -0.25) is 9.59 Å². The van der Waals surface area contributed by atoms with Crippen LogP contribution in [0, 0.1) is 0 Å². The first-order valence-electron chi connectivity index (χ1n) is 6.98. The van der Waals surface area contributed by atoms with Gasteiger partial charge in [-0.25, -0.2) is 4.98 Å². The summed E-state index contributed by atoms with van der Waals surface area (Å²) in [5, 5.41) is 2.97. The summed E-state index contributed by atoms with van der Waals surface area (Å²) in [7, 11) is 0. The predicted octanol–water partition coefficient (Wildman–Crippen LogP) is 0.547. The third-order valence-corrected chi connectivity index (χ3v) is 3.75. The van der Waals surface area contributed by atoms with E-state index >= 15 is 0 Å². The molecule has 0 aromatic carbocycles. The molecule has 0 radical (unpaired) electrons. The Kier molecular flexibility index (Phi) is 3.30. The van der Waals surface area contributed by atoms with Crippen LogP contribution in [-0.2, 0) is 4.79 Å². The summed E-state index contributed by atoms with van der Waals surface area (Å²) in [4.78, 5) is 30.2. The largest absolute Gasteiger partial charge is 0.397 e. The number of nitrogen functional groups attached to an aromatic ring is 1. The van der Waals surface area contributed by atoms with Crippen molar-refractivity contribution in [2.24, 2.45) is 0 Å². The fraction of sp³-hybridized carbons (Fsp3) is 0.500. The van der Waals surface area contributed by atoms with E-state index in [1.165, 1.54) is 6.20 Å². The van der Waals surface area contributed by atoms with Gasteiger partial charge in [0.1, 0.15) is 11.7 Å². The second kappa shape index (κ2) is 5.11. The van der Waals surface area contributed by atoms with Crippen LogP contribution >= 0.6 is 0 Å². The van der Waals surface area contributed by atoms with E-state index in [0.717, 1.165) is 25.7 Å². The second-order valence-electron chi connectivity index (χ2n) is 5.42. The Bertz CT molecular complexity index is 524. The summed E-state index contributed by atoms with van der Waals surface area (Å²) < 4.78 is 0. The van der Waals surface area contributed by atoms with Crippen molar-refractivity contribution in [3.63, 3.8) is 0 Å². The SMILES string of the molecule is Nc1ccc(C(=O)N2CCCC2C(=O)NC2CC2)nc1. The van der Waals surface area contributed by atoms with Crippen LogP contribution in [0.2, 0.25) is 0 Å². The molecule has 1 aliphatic heterocycles. The molecule has 1 atom stereocenters. The number of carbonyl (C=O) groups is 2. The molecule has 1 unspecified atom stereocenters. The van der Waals surface area contributed by atoms with Gasteiger partial charge in [-0.15, -0.1) is 0 Å². The quantitative estimate of drug-likeness (QED) is 0.842. The Morgan fingerprint density at radius 1 is 1.30 bits per heavy atom. The van der Waals surface area contributed by atoms with Gasteiger partial charge in [-0.1, -0.05) is 0 Å². The summed E-state index contributed by atoms with van der Waals surface area (Å²) in [6.45, 7) is 0.605. The van der Waals surface area contributed by atoms with Gasteiger partial charge in [0.15, 0.2) is 0 Å². The van der Waals surface area contributed by atoms with Crippen molar-refractivity contribution in [1.29, 1.82) is 0 Å². The van der Waals surface area contributed by atoms with Crippen molar-refractivity contribution < 1.29 is 9.59 Å². The number of amides is 2. The van der Waals surface area contributed by atoms with E-state index in [9.17, 15) is 9.59 Å². The number of carbonyl (C=O) groups excluding carboxylic acids is 2. The molecular weight excluding hydrogens is 256 g/mol. The number of hydrogen-bond acceptors (Lipinski definition) is 4. The van der Waals surface area contributed by atoms with E-state index in [-0.39, 0.29) is 17.9 Å². The zero-order chi connectivity index (χ0) is 14.1. The van der Waals surface area contributed by atoms with Crippen molar-refractivity contribution in [3.8, 4) is 0 Å². The summed E-state index contributed by atoms with van der Waals surface area (Å²) in [5.41, 5.74) is 6.42. The van der Waals surface area contributed by atoms with Crippen LogP contribution < -0.4 is 11.1 Å². The van der Waals surface area contributed by atoms with Crippen LogP contribution in [0.5, 0.6) is 0 Å². The van der Waals surface area contributed by atoms with E-state index in [4.69, 9.17) is 5.73 Å². The van der Waals surface area contributed by atoms with Crippen LogP contribution in [0.3, 0.4) is 0 Å². The predicted molar refractivity (Wildman–Crippen MR) is 73.9 cm³/mol. The first-order chi connectivity index (χ1) is 9.65. The van der Waals surface area contributed by atoms with Gasteiger partial charge >= 0.3 is 0 Å². The summed E-state index contributed by atoms with van der Waals surface area (Å²) in [6.07, 6.45) is 5.13. The molecule has 1 saturated heterocycles. The third-order valence-electron chi connectivity index (χ3n) is 3.75. The van der Waals surface area contributed by atoms with E-state index in [0.29, 0.717) is 24.0 Å². The number of anilines is 1. The van der Waals surface area contributed by atoms with Gasteiger partial charge < -0.3 is 16.0 Å². The highest BCUT2D eigenvalue weighted by molar-refractivity contribution is 5.96. The molecule has 0 spiro atoms. The summed E-state index contributed by atoms with van der Waals surface area (Å²) >= 11 is 0. The van der Waals surface area contributed by atoms with E-state index in [1.807, 2.05) is 0 Å². The normalized spacial score (nSPS) is 21.8. The molecule has 2 heterocycles. The third kappa shape index (κ3) is 2.59. The first-order valence-corrected chi connectivity index (χ1v) is 6.98. The minimum absolute atomic E-state index is 0.0335. The maximum Gasteiger partial charge on any atom is 0.273 e. The Morgan fingerprint density at radius 3 is 2.75 bits per heavy atom. The molecule has 3 rings (SSSR count). The Balaban J connectivity index is 1.72. The lowest BCUT2D eigenvalue weighted by Gasteiger charge is -2.23. The minimum Gasteiger partial charge on any atom is -0.397 e. The number of aromatic nitrogens is 1. The molecule has 20 heavy (non-hydrogen) atoms. The Hall–Kier alpha value is -2.11. The highest BCUT2D eigenvalue weighted by Crippen LogP contribution is 2.23. The number of nitrogens with one attached hydrogen (secondary N) is 1. The van der Waals surface area contributed by atoms with Crippen molar-refractivity contribution in [1.82, 2.24) is 15.2 Å². The van der Waals surface area contributed by atoms with E-state index in [1.54, 1.807) is 17.0 Å². The maximum atomic E-state index is 12.4. The zero-order valence-electron chi connectivity index (χ0n) is 11.2. The molecule has 6 heteroatoms. The monoisotopic (exact) mass is 274 g/mol. The molecular formula is C14H18N4O2. The summed E-state index contributed by atoms with van der Waals surface area (Å²) in [5.74, 6) is -0.229. The van der Waals surface area contributed by atoms with Crippen LogP contribution in [0.1, 0.15) is 36.2 Å². The van der Waals surface area contributed by atoms with Crippen LogP contribution in [0.15, 0.2) is 18.3 Å². The lowest BCUT2D eigenvalue weighted by molar-refractivity contribution is -0.125. The number of hydrogen-bond donors (Lipinski definition) is 2. The number of pyridine rings is 1. The Morgan fingerprint density at radius 2 is 2.10 bits per heavy atom. The van der Waals surface area contributed by atoms with E-state index in [2.05, 4.69) is 10.3 Å². The van der Waals surface area contributed by atoms with Crippen molar-refractivity contribution >= 4 is 17.5 Å². The number of nitrogens with zero attached hydrogens (tertiary/aromatic N) is 2. The molecule has 2 amide bonds. The minimum atomic E-state index is -0.359. The smallest absolute Gasteiger partial charge is 0.273 e. The number of rotatable bonds is 3. The van der Waals surface area contributed by atoms with Crippen LogP contribution in [0.4, 0.5) is 5.69 Å². The van der Waals surface area contributed by atoms with Gasteiger partial charge in [0.2, 0.25) is 5.91 Å². The molecule has 1 aromatic rings. The topological polar surface area (TPSA) is 88.3 Å². The molecule has 2 fully saturated rings. The molecule has 1 saturated carbocycles. The van der Waals surface area contributed by atoms with Crippen LogP contribution in [0.25, 0.3) is 0 Å². The second-order valence-corrected chi connectivity index (χ2v) is 5.42. The van der Waals surface area contributed by atoms with Gasteiger partial charge in [0, 0.05) is 12.6 Å². The van der Waals surface area contributed by atoms with Crippen molar-refractivity contribution in [2.45, 2.75) is 37.8 Å². The van der Waals surface area contributed by atoms with Crippen molar-refractivity contribution in [3.05, 3.63) is 24.0 Å². The van der Waals surface area contributed by atoms with Gasteiger partial charge in [-0.05, 0) is 37.8 Å². The van der Waals surface area contributed by atoms with E-state index < -0.39 is 0 Å². The van der Waals surface area contributed by atoms with Gasteiger partial charge in [0.25, 0.3) is 5.91 Å². The molecule has 106 valence electrons. The highest BCUT2D eigenvalue weighted by atomic mass is 16.2. The first kappa shape index (κ1) is 12.9. The molecule has 1 aromatic heterocycles. The molecule has 2 aliphatic rings. The standard InChI is InChI=1S/C14H18N4O2/c15-9-3-6-11(16-8-9)14(20)18-7-1-2-12(18)13(19)17-10-4-5-10/h3,6,8,10,12H,1-2,4-5,7,15H2,(H,17,19). The molecule has 6 nitrogen and oxygen atoms in total. The highest BCUT2D eigenvalue weighted by Gasteiger charge is 2.37.